The van der Waals surface area contributed by atoms with E-state index in [1.807, 2.05) is 0 Å². The van der Waals surface area contributed by atoms with Gasteiger partial charge in [-0.3, -0.25) is 13.7 Å². The predicted molar refractivity (Wildman–Crippen MR) is 120 cm³/mol. The van der Waals surface area contributed by atoms with Crippen LogP contribution in [0, 0.1) is 23.5 Å². The average Bonchev–Trinajstić information content (AvgIpc) is 3.36. The topological polar surface area (TPSA) is 171 Å². The van der Waals surface area contributed by atoms with Crippen LogP contribution < -0.4 is 5.14 Å². The van der Waals surface area contributed by atoms with Crippen LogP contribution >= 0.6 is 0 Å². The second-order valence-corrected chi connectivity index (χ2v) is 9.83. The van der Waals surface area contributed by atoms with Gasteiger partial charge < -0.3 is 10.2 Å². The first-order valence-corrected chi connectivity index (χ1v) is 12.3. The molecule has 0 bridgehead atoms. The summed E-state index contributed by atoms with van der Waals surface area (Å²) in [4.78, 5) is 21.2. The summed E-state index contributed by atoms with van der Waals surface area (Å²) in [6, 6.07) is 4.54. The Balaban J connectivity index is 1.48. The number of aromatic nitrogens is 4. The highest BCUT2D eigenvalue weighted by molar-refractivity contribution is 7.84. The maximum atomic E-state index is 13.5. The van der Waals surface area contributed by atoms with E-state index in [0.29, 0.717) is 11.3 Å². The molecule has 0 saturated heterocycles. The molecule has 1 fully saturated rings. The first-order chi connectivity index (χ1) is 17.0. The van der Waals surface area contributed by atoms with Crippen LogP contribution in [0.5, 0.6) is 0 Å². The van der Waals surface area contributed by atoms with Crippen LogP contribution in [0.1, 0.15) is 33.7 Å². The van der Waals surface area contributed by atoms with Crippen LogP contribution in [-0.4, -0.2) is 63.0 Å². The zero-order valence-electron chi connectivity index (χ0n) is 18.7. The molecule has 36 heavy (non-hydrogen) atoms. The molecule has 0 unspecified atom stereocenters. The number of nitrogens with two attached hydrogens (primary N) is 1. The molecule has 2 aromatic heterocycles. The number of ketones is 1. The molecule has 2 heterocycles. The van der Waals surface area contributed by atoms with Crippen molar-refractivity contribution in [3.05, 3.63) is 77.1 Å². The van der Waals surface area contributed by atoms with Crippen molar-refractivity contribution in [2.75, 3.05) is 6.61 Å². The first kappa shape index (κ1) is 25.9. The van der Waals surface area contributed by atoms with Crippen LogP contribution in [0.25, 0.3) is 0 Å². The fourth-order valence-corrected chi connectivity index (χ4v) is 4.70. The van der Waals surface area contributed by atoms with Crippen LogP contribution in [0.3, 0.4) is 0 Å². The molecular weight excluding hydrogens is 500 g/mol. The predicted octanol–water partition coefficient (Wildman–Crippen LogP) is 0.351. The molecule has 1 aliphatic carbocycles. The summed E-state index contributed by atoms with van der Waals surface area (Å²) in [6.45, 7) is -0.357. The van der Waals surface area contributed by atoms with E-state index in [0.717, 1.165) is 18.2 Å². The molecule has 4 rings (SSSR count). The lowest BCUT2D eigenvalue weighted by molar-refractivity contribution is -0.00334. The van der Waals surface area contributed by atoms with Crippen LogP contribution in [0.4, 0.5) is 8.78 Å². The SMILES string of the molecule is NS(=O)(=O)OC[C@H]1C[C@@H](Cc2ncncc2C(=O)c2ccn(Cc3cc(F)cc(F)c3)n2)[C@H](O)[C@@H]1O. The summed E-state index contributed by atoms with van der Waals surface area (Å²) in [6.07, 6.45) is 1.88. The molecule has 1 aliphatic rings. The minimum absolute atomic E-state index is 0.0360. The summed E-state index contributed by atoms with van der Waals surface area (Å²) in [5.74, 6) is -3.19. The van der Waals surface area contributed by atoms with Gasteiger partial charge in [0.05, 0.1) is 36.6 Å². The number of carbonyl (C=O) groups is 1. The zero-order chi connectivity index (χ0) is 26.0. The second-order valence-electron chi connectivity index (χ2n) is 8.61. The summed E-state index contributed by atoms with van der Waals surface area (Å²) in [5.41, 5.74) is 0.814. The van der Waals surface area contributed by atoms with Gasteiger partial charge in [-0.2, -0.15) is 13.5 Å². The van der Waals surface area contributed by atoms with Crippen molar-refractivity contribution in [3.8, 4) is 0 Å². The summed E-state index contributed by atoms with van der Waals surface area (Å²) >= 11 is 0. The number of hydrogen-bond donors (Lipinski definition) is 3. The van der Waals surface area contributed by atoms with Gasteiger partial charge in [-0.25, -0.2) is 23.9 Å². The lowest BCUT2D eigenvalue weighted by Crippen LogP contribution is -2.31. The van der Waals surface area contributed by atoms with Crippen molar-refractivity contribution in [2.45, 2.75) is 31.6 Å². The second kappa shape index (κ2) is 10.4. The largest absolute Gasteiger partial charge is 0.390 e. The lowest BCUT2D eigenvalue weighted by atomic mass is 9.95. The highest BCUT2D eigenvalue weighted by Crippen LogP contribution is 2.35. The molecule has 0 amide bonds. The Hall–Kier alpha value is -3.17. The fourth-order valence-electron chi connectivity index (χ4n) is 4.33. The van der Waals surface area contributed by atoms with E-state index in [1.165, 1.54) is 29.5 Å². The molecule has 14 heteroatoms. The zero-order valence-corrected chi connectivity index (χ0v) is 19.6. The van der Waals surface area contributed by atoms with Crippen LogP contribution in [0.2, 0.25) is 0 Å². The molecule has 192 valence electrons. The number of benzene rings is 1. The Morgan fingerprint density at radius 3 is 2.56 bits per heavy atom. The maximum absolute atomic E-state index is 13.5. The van der Waals surface area contributed by atoms with Gasteiger partial charge in [-0.1, -0.05) is 0 Å². The van der Waals surface area contributed by atoms with Gasteiger partial charge in [0.1, 0.15) is 23.7 Å². The number of aliphatic hydroxyl groups is 2. The monoisotopic (exact) mass is 523 g/mol. The third-order valence-corrected chi connectivity index (χ3v) is 6.47. The van der Waals surface area contributed by atoms with Crippen molar-refractivity contribution in [2.24, 2.45) is 17.0 Å². The van der Waals surface area contributed by atoms with E-state index in [2.05, 4.69) is 19.2 Å². The molecular formula is C22H23F2N5O6S. The number of carbonyl (C=O) groups excluding carboxylic acids is 1. The first-order valence-electron chi connectivity index (χ1n) is 10.9. The van der Waals surface area contributed by atoms with Gasteiger partial charge in [0.2, 0.25) is 5.78 Å². The smallest absolute Gasteiger partial charge is 0.333 e. The Labute approximate surface area is 204 Å². The normalized spacial score (nSPS) is 22.1. The number of rotatable bonds is 9. The summed E-state index contributed by atoms with van der Waals surface area (Å²) in [5, 5.41) is 29.8. The third-order valence-electron chi connectivity index (χ3n) is 6.00. The number of hydrogen-bond acceptors (Lipinski definition) is 9. The van der Waals surface area contributed by atoms with Crippen molar-refractivity contribution < 1.29 is 36.4 Å². The Morgan fingerprint density at radius 2 is 1.86 bits per heavy atom. The van der Waals surface area contributed by atoms with Gasteiger partial charge in [-0.15, -0.1) is 0 Å². The Morgan fingerprint density at radius 1 is 1.17 bits per heavy atom. The molecule has 0 radical (unpaired) electrons. The minimum Gasteiger partial charge on any atom is -0.390 e. The van der Waals surface area contributed by atoms with E-state index >= 15 is 0 Å². The highest BCUT2D eigenvalue weighted by atomic mass is 32.2. The number of nitrogens with zero attached hydrogens (tertiary/aromatic N) is 4. The fraction of sp³-hybridized carbons (Fsp3) is 0.364. The molecule has 11 nitrogen and oxygen atoms in total. The molecule has 0 aliphatic heterocycles. The Bertz CT molecular complexity index is 1350. The number of aliphatic hydroxyl groups excluding tert-OH is 2. The van der Waals surface area contributed by atoms with Crippen molar-refractivity contribution in [1.29, 1.82) is 0 Å². The van der Waals surface area contributed by atoms with Gasteiger partial charge in [0.25, 0.3) is 0 Å². The number of halogens is 2. The van der Waals surface area contributed by atoms with Crippen molar-refractivity contribution in [1.82, 2.24) is 19.7 Å². The van der Waals surface area contributed by atoms with Crippen molar-refractivity contribution in [3.63, 3.8) is 0 Å². The maximum Gasteiger partial charge on any atom is 0.333 e. The van der Waals surface area contributed by atoms with E-state index in [-0.39, 0.29) is 30.6 Å². The lowest BCUT2D eigenvalue weighted by Gasteiger charge is -2.17. The Kier molecular flexibility index (Phi) is 7.51. The van der Waals surface area contributed by atoms with Gasteiger partial charge in [-0.05, 0) is 42.5 Å². The van der Waals surface area contributed by atoms with E-state index in [9.17, 15) is 32.2 Å². The van der Waals surface area contributed by atoms with E-state index < -0.39 is 58.4 Å². The molecule has 1 aromatic carbocycles. The van der Waals surface area contributed by atoms with E-state index in [4.69, 9.17) is 5.14 Å². The molecule has 0 spiro atoms. The standard InChI is InChI=1S/C22H23F2N5O6S/c23-15-3-12(4-16(24)7-15)9-29-2-1-18(28-29)22(32)17-8-26-11-27-19(17)6-13-5-14(21(31)20(13)30)10-35-36(25,33)34/h1-4,7-8,11,13-14,20-21,30-31H,5-6,9-10H2,(H2,25,33,34)/t13-,14+,20-,21+/m0/s1. The van der Waals surface area contributed by atoms with Crippen molar-refractivity contribution >= 4 is 16.1 Å². The van der Waals surface area contributed by atoms with E-state index in [1.54, 1.807) is 0 Å². The minimum atomic E-state index is -4.20. The van der Waals surface area contributed by atoms with Gasteiger partial charge in [0.15, 0.2) is 0 Å². The quantitative estimate of drug-likeness (QED) is 0.335. The molecule has 4 N–H and O–H groups in total. The summed E-state index contributed by atoms with van der Waals surface area (Å²) in [7, 11) is -4.20. The van der Waals surface area contributed by atoms with Crippen LogP contribution in [-0.2, 0) is 27.5 Å². The third kappa shape index (κ3) is 6.14. The van der Waals surface area contributed by atoms with Crippen LogP contribution in [0.15, 0.2) is 43.0 Å². The summed E-state index contributed by atoms with van der Waals surface area (Å²) < 4.78 is 54.9. The average molecular weight is 524 g/mol. The molecule has 1 saturated carbocycles. The molecule has 4 atom stereocenters. The van der Waals surface area contributed by atoms with Gasteiger partial charge >= 0.3 is 10.3 Å². The van der Waals surface area contributed by atoms with Gasteiger partial charge in [0, 0.05) is 24.4 Å². The molecule has 3 aromatic rings. The highest BCUT2D eigenvalue weighted by Gasteiger charge is 2.42.